The second-order valence-corrected chi connectivity index (χ2v) is 12.0. The van der Waals surface area contributed by atoms with Crippen LogP contribution in [0, 0.1) is 0 Å². The molecule has 2 aromatic carbocycles. The molecule has 0 bridgehead atoms. The number of hydrogen-bond donors (Lipinski definition) is 1. The first-order chi connectivity index (χ1) is 15.6. The van der Waals surface area contributed by atoms with E-state index in [9.17, 15) is 18.0 Å². The number of nitrogens with zero attached hydrogens (tertiary/aromatic N) is 2. The smallest absolute Gasteiger partial charge is 0.244 e. The molecular weight excluding hydrogens is 521 g/mol. The number of amides is 2. The molecular formula is C23H28Cl3N3O4S. The lowest BCUT2D eigenvalue weighted by Gasteiger charge is -2.33. The van der Waals surface area contributed by atoms with Crippen molar-refractivity contribution in [3.8, 4) is 0 Å². The summed E-state index contributed by atoms with van der Waals surface area (Å²) >= 11 is 18.3. The highest BCUT2D eigenvalue weighted by molar-refractivity contribution is 7.92. The number of rotatable bonds is 8. The molecule has 0 aromatic heterocycles. The molecule has 2 aromatic rings. The Hall–Kier alpha value is -2.00. The third kappa shape index (κ3) is 7.77. The van der Waals surface area contributed by atoms with Crippen molar-refractivity contribution in [3.63, 3.8) is 0 Å². The number of anilines is 1. The molecule has 1 atom stereocenters. The lowest BCUT2D eigenvalue weighted by molar-refractivity contribution is -0.140. The topological polar surface area (TPSA) is 86.8 Å². The predicted octanol–water partition coefficient (Wildman–Crippen LogP) is 4.74. The van der Waals surface area contributed by atoms with Gasteiger partial charge < -0.3 is 10.2 Å². The normalized spacial score (nSPS) is 12.7. The Morgan fingerprint density at radius 1 is 1.00 bits per heavy atom. The molecule has 7 nitrogen and oxygen atoms in total. The summed E-state index contributed by atoms with van der Waals surface area (Å²) in [5.41, 5.74) is 0.280. The Kier molecular flexibility index (Phi) is 9.27. The van der Waals surface area contributed by atoms with Crippen LogP contribution in [0.15, 0.2) is 42.5 Å². The van der Waals surface area contributed by atoms with Crippen LogP contribution < -0.4 is 9.62 Å². The summed E-state index contributed by atoms with van der Waals surface area (Å²) in [5.74, 6) is -0.955. The average molecular weight is 549 g/mol. The van der Waals surface area contributed by atoms with E-state index in [1.54, 1.807) is 6.92 Å². The third-order valence-corrected chi connectivity index (χ3v) is 6.95. The molecule has 0 fully saturated rings. The summed E-state index contributed by atoms with van der Waals surface area (Å²) in [4.78, 5) is 27.7. The van der Waals surface area contributed by atoms with Crippen molar-refractivity contribution in [2.75, 3.05) is 17.1 Å². The summed E-state index contributed by atoms with van der Waals surface area (Å²) < 4.78 is 26.1. The SMILES string of the molecule is C[C@H](C(=O)NC(C)(C)C)N(Cc1ccccc1)C(=O)CN(c1cc(Cl)c(Cl)cc1Cl)S(C)(=O)=O. The van der Waals surface area contributed by atoms with E-state index in [-0.39, 0.29) is 33.2 Å². The first-order valence-corrected chi connectivity index (χ1v) is 13.4. The Morgan fingerprint density at radius 2 is 1.56 bits per heavy atom. The minimum Gasteiger partial charge on any atom is -0.350 e. The number of benzene rings is 2. The molecule has 11 heteroatoms. The fraction of sp³-hybridized carbons (Fsp3) is 0.391. The molecule has 0 heterocycles. The molecule has 186 valence electrons. The lowest BCUT2D eigenvalue weighted by Crippen LogP contribution is -2.54. The number of carbonyl (C=O) groups is 2. The molecule has 1 N–H and O–H groups in total. The number of sulfonamides is 1. The fourth-order valence-corrected chi connectivity index (χ4v) is 4.68. The van der Waals surface area contributed by atoms with Crippen molar-refractivity contribution in [2.45, 2.75) is 45.8 Å². The molecule has 0 spiro atoms. The maximum absolute atomic E-state index is 13.5. The van der Waals surface area contributed by atoms with E-state index in [1.807, 2.05) is 51.1 Å². The highest BCUT2D eigenvalue weighted by atomic mass is 35.5. The van der Waals surface area contributed by atoms with Gasteiger partial charge in [0.15, 0.2) is 0 Å². The van der Waals surface area contributed by atoms with Crippen molar-refractivity contribution in [1.29, 1.82) is 0 Å². The molecule has 2 amide bonds. The summed E-state index contributed by atoms with van der Waals surface area (Å²) in [6.07, 6.45) is 0.955. The third-order valence-electron chi connectivity index (χ3n) is 4.80. The average Bonchev–Trinajstić information content (AvgIpc) is 2.71. The van der Waals surface area contributed by atoms with Crippen molar-refractivity contribution < 1.29 is 18.0 Å². The maximum atomic E-state index is 13.5. The molecule has 34 heavy (non-hydrogen) atoms. The van der Waals surface area contributed by atoms with Crippen molar-refractivity contribution in [3.05, 3.63) is 63.1 Å². The number of hydrogen-bond acceptors (Lipinski definition) is 4. The van der Waals surface area contributed by atoms with Gasteiger partial charge >= 0.3 is 0 Å². The van der Waals surface area contributed by atoms with Crippen LogP contribution in [-0.4, -0.2) is 49.5 Å². The minimum absolute atomic E-state index is 0.0124. The van der Waals surface area contributed by atoms with Gasteiger partial charge in [0.1, 0.15) is 12.6 Å². The van der Waals surface area contributed by atoms with Crippen LogP contribution in [0.3, 0.4) is 0 Å². The van der Waals surface area contributed by atoms with Crippen LogP contribution in [0.25, 0.3) is 0 Å². The van der Waals surface area contributed by atoms with Gasteiger partial charge in [-0.3, -0.25) is 13.9 Å². The molecule has 0 unspecified atom stereocenters. The van der Waals surface area contributed by atoms with E-state index in [4.69, 9.17) is 34.8 Å². The van der Waals surface area contributed by atoms with E-state index >= 15 is 0 Å². The Morgan fingerprint density at radius 3 is 2.09 bits per heavy atom. The minimum atomic E-state index is -3.95. The van der Waals surface area contributed by atoms with Gasteiger partial charge in [0.2, 0.25) is 21.8 Å². The van der Waals surface area contributed by atoms with Crippen LogP contribution in [0.2, 0.25) is 15.1 Å². The van der Waals surface area contributed by atoms with E-state index in [0.717, 1.165) is 16.1 Å². The molecule has 0 aliphatic heterocycles. The fourth-order valence-electron chi connectivity index (χ4n) is 3.13. The summed E-state index contributed by atoms with van der Waals surface area (Å²) in [7, 11) is -3.95. The summed E-state index contributed by atoms with van der Waals surface area (Å²) in [5, 5.41) is 3.11. The van der Waals surface area contributed by atoms with Crippen LogP contribution in [0.5, 0.6) is 0 Å². The second kappa shape index (κ2) is 11.2. The summed E-state index contributed by atoms with van der Waals surface area (Å²) in [6, 6.07) is 10.8. The predicted molar refractivity (Wildman–Crippen MR) is 138 cm³/mol. The van der Waals surface area contributed by atoms with Gasteiger partial charge in [-0.1, -0.05) is 65.1 Å². The first kappa shape index (κ1) is 28.2. The van der Waals surface area contributed by atoms with Crippen LogP contribution >= 0.6 is 34.8 Å². The van der Waals surface area contributed by atoms with Gasteiger partial charge in [0.25, 0.3) is 0 Å². The van der Waals surface area contributed by atoms with Gasteiger partial charge in [-0.25, -0.2) is 8.42 Å². The van der Waals surface area contributed by atoms with Crippen LogP contribution in [0.1, 0.15) is 33.3 Å². The number of carbonyl (C=O) groups excluding carboxylic acids is 2. The van der Waals surface area contributed by atoms with Crippen molar-refractivity contribution in [2.24, 2.45) is 0 Å². The van der Waals surface area contributed by atoms with Crippen LogP contribution in [-0.2, 0) is 26.2 Å². The van der Waals surface area contributed by atoms with Crippen molar-refractivity contribution >= 4 is 62.3 Å². The molecule has 0 saturated heterocycles. The second-order valence-electron chi connectivity index (χ2n) is 8.91. The quantitative estimate of drug-likeness (QED) is 0.483. The molecule has 0 aliphatic rings. The Balaban J connectivity index is 2.45. The lowest BCUT2D eigenvalue weighted by atomic mass is 10.1. The van der Waals surface area contributed by atoms with Gasteiger partial charge in [0, 0.05) is 12.1 Å². The Labute approximate surface area is 216 Å². The largest absolute Gasteiger partial charge is 0.350 e. The first-order valence-electron chi connectivity index (χ1n) is 10.4. The molecule has 0 aliphatic carbocycles. The zero-order chi connectivity index (χ0) is 25.8. The van der Waals surface area contributed by atoms with E-state index in [0.29, 0.717) is 0 Å². The zero-order valence-corrected chi connectivity index (χ0v) is 22.7. The van der Waals surface area contributed by atoms with Crippen LogP contribution in [0.4, 0.5) is 5.69 Å². The van der Waals surface area contributed by atoms with Crippen molar-refractivity contribution in [1.82, 2.24) is 10.2 Å². The van der Waals surface area contributed by atoms with E-state index in [2.05, 4.69) is 5.32 Å². The molecule has 0 saturated carbocycles. The monoisotopic (exact) mass is 547 g/mol. The van der Waals surface area contributed by atoms with Gasteiger partial charge in [-0.15, -0.1) is 0 Å². The zero-order valence-electron chi connectivity index (χ0n) is 19.6. The van der Waals surface area contributed by atoms with Gasteiger partial charge in [-0.2, -0.15) is 0 Å². The molecule has 2 rings (SSSR count). The highest BCUT2D eigenvalue weighted by Crippen LogP contribution is 2.35. The van der Waals surface area contributed by atoms with Gasteiger partial charge in [-0.05, 0) is 45.4 Å². The standard InChI is InChI=1S/C23H28Cl3N3O4S/c1-15(22(31)27-23(2,3)4)28(13-16-9-7-6-8-10-16)21(30)14-29(34(5,32)33)20-12-18(25)17(24)11-19(20)26/h6-12,15H,13-14H2,1-5H3,(H,27,31)/t15-/m1/s1. The maximum Gasteiger partial charge on any atom is 0.244 e. The van der Waals surface area contributed by atoms with E-state index < -0.39 is 34.1 Å². The molecule has 0 radical (unpaired) electrons. The Bertz CT molecular complexity index is 1150. The number of nitrogens with one attached hydrogen (secondary N) is 1. The van der Waals surface area contributed by atoms with Gasteiger partial charge in [0.05, 0.1) is 27.0 Å². The number of halogens is 3. The van der Waals surface area contributed by atoms with E-state index in [1.165, 1.54) is 17.0 Å². The highest BCUT2D eigenvalue weighted by Gasteiger charge is 2.32. The summed E-state index contributed by atoms with van der Waals surface area (Å²) in [6.45, 7) is 6.61.